The van der Waals surface area contributed by atoms with Crippen LogP contribution < -0.4 is 5.32 Å². The second-order valence-electron chi connectivity index (χ2n) is 5.27. The zero-order valence-corrected chi connectivity index (χ0v) is 15.8. The Labute approximate surface area is 156 Å². The van der Waals surface area contributed by atoms with E-state index in [4.69, 9.17) is 0 Å². The quantitative estimate of drug-likeness (QED) is 0.722. The Bertz CT molecular complexity index is 911. The summed E-state index contributed by atoms with van der Waals surface area (Å²) in [7, 11) is -3.36. The Morgan fingerprint density at radius 3 is 2.37 bits per heavy atom. The first-order chi connectivity index (χ1) is 12.5. The molecule has 2 rings (SSSR count). The van der Waals surface area contributed by atoms with Gasteiger partial charge < -0.3 is 5.32 Å². The van der Waals surface area contributed by atoms with E-state index in [1.807, 2.05) is 0 Å². The van der Waals surface area contributed by atoms with E-state index >= 15 is 0 Å². The number of sulfonamides is 1. The van der Waals surface area contributed by atoms with Gasteiger partial charge in [0.25, 0.3) is 15.9 Å². The van der Waals surface area contributed by atoms with Crippen molar-refractivity contribution in [2.24, 2.45) is 0 Å². The van der Waals surface area contributed by atoms with E-state index in [-0.39, 0.29) is 9.31 Å². The maximum atomic E-state index is 13.7. The molecule has 1 aromatic carbocycles. The minimum Gasteiger partial charge on any atom is -0.353 e. The fraction of sp³-hybridized carbons (Fsp3) is 0.333. The molecule has 0 aliphatic heterocycles. The summed E-state index contributed by atoms with van der Waals surface area (Å²) in [6.45, 7) is 0.725. The molecule has 1 atom stereocenters. The van der Waals surface area contributed by atoms with Crippen molar-refractivity contribution in [3.8, 4) is 0 Å². The number of carbonyl (C=O) groups is 1. The fourth-order valence-electron chi connectivity index (χ4n) is 2.36. The van der Waals surface area contributed by atoms with E-state index in [0.717, 1.165) is 29.6 Å². The molecule has 0 saturated carbocycles. The zero-order valence-electron chi connectivity index (χ0n) is 14.1. The van der Waals surface area contributed by atoms with Gasteiger partial charge in [-0.25, -0.2) is 17.8 Å². The highest BCUT2D eigenvalue weighted by Gasteiger charge is 2.49. The van der Waals surface area contributed by atoms with Gasteiger partial charge in [-0.3, -0.25) is 4.79 Å². The van der Waals surface area contributed by atoms with Crippen LogP contribution in [-0.2, 0) is 10.0 Å². The number of carbonyl (C=O) groups excluding carboxylic acids is 1. The van der Waals surface area contributed by atoms with Gasteiger partial charge in [0.2, 0.25) is 0 Å². The van der Waals surface area contributed by atoms with Crippen molar-refractivity contribution in [2.45, 2.75) is 24.2 Å². The fourth-order valence-corrected chi connectivity index (χ4v) is 4.98. The molecule has 0 bridgehead atoms. The first kappa shape index (κ1) is 21.3. The third-order valence-corrected chi connectivity index (χ3v) is 6.39. The smallest absolute Gasteiger partial charge is 0.353 e. The van der Waals surface area contributed by atoms with E-state index < -0.39 is 51.1 Å². The molecule has 6 nitrogen and oxygen atoms in total. The van der Waals surface area contributed by atoms with Crippen LogP contribution in [0.25, 0.3) is 0 Å². The first-order valence-electron chi connectivity index (χ1n) is 7.54. The Morgan fingerprint density at radius 1 is 1.30 bits per heavy atom. The van der Waals surface area contributed by atoms with Gasteiger partial charge in [-0.15, -0.1) is 11.3 Å². The highest BCUT2D eigenvalue weighted by Crippen LogP contribution is 2.40. The second kappa shape index (κ2) is 7.90. The first-order valence-corrected chi connectivity index (χ1v) is 9.86. The van der Waals surface area contributed by atoms with Crippen molar-refractivity contribution in [3.05, 3.63) is 46.0 Å². The maximum Gasteiger partial charge on any atom is 0.409 e. The summed E-state index contributed by atoms with van der Waals surface area (Å²) in [5, 5.41) is 2.39. The lowest BCUT2D eigenvalue weighted by Gasteiger charge is -2.31. The lowest BCUT2D eigenvalue weighted by Crippen LogP contribution is -2.42. The minimum atomic E-state index is -4.96. The predicted octanol–water partition coefficient (Wildman–Crippen LogP) is 2.96. The molecular weight excluding hydrogens is 410 g/mol. The molecule has 0 aliphatic rings. The molecule has 2 aromatic rings. The van der Waals surface area contributed by atoms with Crippen molar-refractivity contribution in [1.82, 2.24) is 14.6 Å². The second-order valence-corrected chi connectivity index (χ2v) is 7.97. The summed E-state index contributed by atoms with van der Waals surface area (Å²) in [5.41, 5.74) is -0.434. The van der Waals surface area contributed by atoms with Gasteiger partial charge in [-0.1, -0.05) is 19.1 Å². The molecule has 27 heavy (non-hydrogen) atoms. The molecule has 0 aliphatic carbocycles. The van der Waals surface area contributed by atoms with Gasteiger partial charge in [-0.2, -0.15) is 17.5 Å². The van der Waals surface area contributed by atoms with Crippen LogP contribution in [-0.4, -0.2) is 43.4 Å². The highest BCUT2D eigenvalue weighted by molar-refractivity contribution is 7.89. The van der Waals surface area contributed by atoms with Crippen LogP contribution in [0.15, 0.2) is 34.7 Å². The number of aromatic nitrogens is 1. The van der Waals surface area contributed by atoms with Crippen LogP contribution in [0.3, 0.4) is 0 Å². The Kier molecular flexibility index (Phi) is 6.22. The van der Waals surface area contributed by atoms with Crippen molar-refractivity contribution in [2.75, 3.05) is 13.6 Å². The van der Waals surface area contributed by atoms with Gasteiger partial charge >= 0.3 is 6.18 Å². The molecule has 1 unspecified atom stereocenters. The number of nitrogens with one attached hydrogen (secondary N) is 1. The molecule has 0 saturated heterocycles. The van der Waals surface area contributed by atoms with Crippen LogP contribution in [0.5, 0.6) is 0 Å². The third-order valence-electron chi connectivity index (χ3n) is 3.57. The van der Waals surface area contributed by atoms with E-state index in [2.05, 4.69) is 10.3 Å². The summed E-state index contributed by atoms with van der Waals surface area (Å²) in [5.74, 6) is -1.41. The zero-order chi connectivity index (χ0) is 20.4. The molecule has 148 valence electrons. The number of rotatable bonds is 6. The summed E-state index contributed by atoms with van der Waals surface area (Å²) in [6.07, 6.45) is -4.96. The van der Waals surface area contributed by atoms with Crippen LogP contribution >= 0.6 is 11.3 Å². The van der Waals surface area contributed by atoms with E-state index in [1.54, 1.807) is 0 Å². The summed E-state index contributed by atoms with van der Waals surface area (Å²) >= 11 is 0.694. The van der Waals surface area contributed by atoms with Gasteiger partial charge in [-0.05, 0) is 17.7 Å². The Hall–Kier alpha value is -2.05. The molecule has 0 spiro atoms. The lowest BCUT2D eigenvalue weighted by molar-refractivity contribution is -0.173. The van der Waals surface area contributed by atoms with Crippen molar-refractivity contribution >= 4 is 27.3 Å². The SMILES string of the molecule is CCN(C(c1ccc(F)cc1)C(F)(F)F)S(=O)(=O)c1csc(C(=O)NC)n1. The van der Waals surface area contributed by atoms with Crippen molar-refractivity contribution in [1.29, 1.82) is 0 Å². The maximum absolute atomic E-state index is 13.7. The lowest BCUT2D eigenvalue weighted by atomic mass is 10.1. The van der Waals surface area contributed by atoms with Crippen molar-refractivity contribution < 1.29 is 30.8 Å². The van der Waals surface area contributed by atoms with Crippen LogP contribution in [0.4, 0.5) is 17.6 Å². The number of benzene rings is 1. The van der Waals surface area contributed by atoms with E-state index in [9.17, 15) is 30.8 Å². The summed E-state index contributed by atoms with van der Waals surface area (Å²) in [6, 6.07) is 0.867. The van der Waals surface area contributed by atoms with E-state index in [1.165, 1.54) is 14.0 Å². The molecule has 1 heterocycles. The van der Waals surface area contributed by atoms with Crippen LogP contribution in [0.2, 0.25) is 0 Å². The highest BCUT2D eigenvalue weighted by atomic mass is 32.2. The number of halogens is 4. The molecule has 0 fully saturated rings. The van der Waals surface area contributed by atoms with Gasteiger partial charge in [0.05, 0.1) is 0 Å². The van der Waals surface area contributed by atoms with Crippen LogP contribution in [0.1, 0.15) is 28.3 Å². The number of hydrogen-bond acceptors (Lipinski definition) is 5. The normalized spacial score (nSPS) is 13.6. The number of alkyl halides is 3. The summed E-state index contributed by atoms with van der Waals surface area (Å²) in [4.78, 5) is 15.2. The van der Waals surface area contributed by atoms with E-state index in [0.29, 0.717) is 11.3 Å². The molecule has 1 amide bonds. The number of thiazole rings is 1. The van der Waals surface area contributed by atoms with Gasteiger partial charge in [0, 0.05) is 19.0 Å². The molecule has 0 radical (unpaired) electrons. The number of amides is 1. The monoisotopic (exact) mass is 425 g/mol. The van der Waals surface area contributed by atoms with Crippen molar-refractivity contribution in [3.63, 3.8) is 0 Å². The molecular formula is C15H15F4N3O3S2. The molecule has 1 aromatic heterocycles. The Balaban J connectivity index is 2.53. The Morgan fingerprint density at radius 2 is 1.89 bits per heavy atom. The average molecular weight is 425 g/mol. The molecule has 1 N–H and O–H groups in total. The minimum absolute atomic E-state index is 0.197. The third kappa shape index (κ3) is 4.45. The van der Waals surface area contributed by atoms with Gasteiger partial charge in [0.1, 0.15) is 11.9 Å². The number of hydrogen-bond donors (Lipinski definition) is 1. The predicted molar refractivity (Wildman–Crippen MR) is 90.3 cm³/mol. The van der Waals surface area contributed by atoms with Crippen LogP contribution in [0, 0.1) is 5.82 Å². The summed E-state index contributed by atoms with van der Waals surface area (Å²) < 4.78 is 80.0. The topological polar surface area (TPSA) is 79.4 Å². The average Bonchev–Trinajstić information content (AvgIpc) is 3.09. The standard InChI is InChI=1S/C15H15F4N3O3S2/c1-3-22(12(15(17,18)19)9-4-6-10(16)7-5-9)27(24,25)11-8-26-14(21-11)13(23)20-2/h4-8,12H,3H2,1-2H3,(H,20,23). The molecule has 12 heteroatoms. The van der Waals surface area contributed by atoms with Gasteiger partial charge in [0.15, 0.2) is 10.0 Å². The largest absolute Gasteiger partial charge is 0.409 e. The number of nitrogens with zero attached hydrogens (tertiary/aromatic N) is 2.